The zero-order chi connectivity index (χ0) is 24.0. The molecule has 7 nitrogen and oxygen atoms in total. The fraction of sp³-hybridized carbons (Fsp3) is 0.480. The van der Waals surface area contributed by atoms with E-state index in [-0.39, 0.29) is 17.9 Å². The molecule has 2 aromatic rings. The molecule has 0 aliphatic carbocycles. The Kier molecular flexibility index (Phi) is 7.98. The van der Waals surface area contributed by atoms with Crippen LogP contribution in [-0.2, 0) is 9.53 Å². The summed E-state index contributed by atoms with van der Waals surface area (Å²) in [4.78, 5) is 34.1. The van der Waals surface area contributed by atoms with Crippen LogP contribution in [0.1, 0.15) is 43.6 Å². The summed E-state index contributed by atoms with van der Waals surface area (Å²) in [7, 11) is -0.0731. The number of imidazole rings is 1. The first-order valence-corrected chi connectivity index (χ1v) is 15.0. The fourth-order valence-electron chi connectivity index (χ4n) is 3.81. The van der Waals surface area contributed by atoms with Crippen LogP contribution in [0, 0.1) is 17.4 Å². The van der Waals surface area contributed by atoms with Gasteiger partial charge in [0, 0.05) is 25.1 Å². The summed E-state index contributed by atoms with van der Waals surface area (Å²) in [6, 6.07) is 8.14. The molecule has 2 N–H and O–H groups in total. The number of carbonyl (C=O) groups is 2. The lowest BCUT2D eigenvalue weighted by atomic mass is 10.1. The summed E-state index contributed by atoms with van der Waals surface area (Å²) in [6.07, 6.45) is 3.56. The Morgan fingerprint density at radius 1 is 1.30 bits per heavy atom. The average molecular weight is 467 g/mol. The Morgan fingerprint density at radius 3 is 2.70 bits per heavy atom. The van der Waals surface area contributed by atoms with Crippen LogP contribution in [0.25, 0.3) is 11.3 Å². The first kappa shape index (κ1) is 24.6. The predicted molar refractivity (Wildman–Crippen MR) is 132 cm³/mol. The van der Waals surface area contributed by atoms with Crippen LogP contribution in [-0.4, -0.2) is 55.1 Å². The second-order valence-corrected chi connectivity index (χ2v) is 14.4. The lowest BCUT2D eigenvalue weighted by Gasteiger charge is -2.24. The number of rotatable bonds is 6. The zero-order valence-electron chi connectivity index (χ0n) is 20.2. The number of hydrogen-bond donors (Lipinski definition) is 2. The zero-order valence-corrected chi connectivity index (χ0v) is 21.2. The Balaban J connectivity index is 1.64. The number of H-pyrrole nitrogens is 1. The highest BCUT2D eigenvalue weighted by atomic mass is 28.3. The molecule has 0 spiro atoms. The number of carbonyl (C=O) groups excluding carboxylic acids is 2. The Labute approximate surface area is 197 Å². The molecule has 1 aromatic carbocycles. The van der Waals surface area contributed by atoms with E-state index >= 15 is 0 Å². The fourth-order valence-corrected chi connectivity index (χ4v) is 4.33. The molecule has 2 atom stereocenters. The van der Waals surface area contributed by atoms with Crippen molar-refractivity contribution >= 4 is 20.1 Å². The van der Waals surface area contributed by atoms with Crippen molar-refractivity contribution in [3.05, 3.63) is 41.9 Å². The van der Waals surface area contributed by atoms with Gasteiger partial charge in [0.05, 0.1) is 25.0 Å². The van der Waals surface area contributed by atoms with Gasteiger partial charge >= 0.3 is 6.09 Å². The van der Waals surface area contributed by atoms with Gasteiger partial charge in [0.25, 0.3) is 0 Å². The van der Waals surface area contributed by atoms with Gasteiger partial charge in [-0.05, 0) is 36.5 Å². The van der Waals surface area contributed by atoms with E-state index in [1.54, 1.807) is 0 Å². The molecule has 8 heteroatoms. The SMILES string of the molecule is COC(=O)NCC(C)CC(=O)N1CCCC1c1ncc(-c2ccc(C#C[Si](C)(C)C)cc2)[nH]1. The molecule has 0 bridgehead atoms. The van der Waals surface area contributed by atoms with Crippen LogP contribution in [0.3, 0.4) is 0 Å². The van der Waals surface area contributed by atoms with Gasteiger partial charge in [0.15, 0.2) is 0 Å². The predicted octanol–water partition coefficient (Wildman–Crippen LogP) is 4.35. The molecule has 1 aliphatic heterocycles. The molecule has 2 unspecified atom stereocenters. The summed E-state index contributed by atoms with van der Waals surface area (Å²) in [5.41, 5.74) is 6.39. The maximum absolute atomic E-state index is 12.9. The molecule has 1 fully saturated rings. The largest absolute Gasteiger partial charge is 0.453 e. The van der Waals surface area contributed by atoms with Crippen molar-refractivity contribution in [3.63, 3.8) is 0 Å². The molecule has 33 heavy (non-hydrogen) atoms. The standard InChI is InChI=1S/C25H34N4O3Si/c1-18(16-27-25(31)32-2)15-23(30)29-13-6-7-22(29)24-26-17-21(28-24)20-10-8-19(9-11-20)12-14-33(3,4)5/h8-11,17-18,22H,6-7,13,15-16H2,1-5H3,(H,26,28)(H,27,31). The third-order valence-electron chi connectivity index (χ3n) is 5.57. The van der Waals surface area contributed by atoms with Crippen LogP contribution in [0.2, 0.25) is 19.6 Å². The summed E-state index contributed by atoms with van der Waals surface area (Å²) < 4.78 is 4.59. The number of amides is 2. The second kappa shape index (κ2) is 10.7. The van der Waals surface area contributed by atoms with Gasteiger partial charge in [-0.1, -0.05) is 44.6 Å². The topological polar surface area (TPSA) is 87.3 Å². The third-order valence-corrected chi connectivity index (χ3v) is 6.44. The van der Waals surface area contributed by atoms with Crippen LogP contribution < -0.4 is 5.32 Å². The van der Waals surface area contributed by atoms with Crippen LogP contribution >= 0.6 is 0 Å². The van der Waals surface area contributed by atoms with Crippen molar-refractivity contribution in [2.45, 2.75) is 51.9 Å². The highest BCUT2D eigenvalue weighted by Crippen LogP contribution is 2.32. The minimum Gasteiger partial charge on any atom is -0.453 e. The third kappa shape index (κ3) is 6.96. The van der Waals surface area contributed by atoms with Gasteiger partial charge in [-0.25, -0.2) is 9.78 Å². The number of likely N-dealkylation sites (tertiary alicyclic amines) is 1. The van der Waals surface area contributed by atoms with Crippen molar-refractivity contribution in [1.82, 2.24) is 20.2 Å². The van der Waals surface area contributed by atoms with Crippen molar-refractivity contribution in [2.75, 3.05) is 20.2 Å². The Morgan fingerprint density at radius 2 is 2.03 bits per heavy atom. The average Bonchev–Trinajstić information content (AvgIpc) is 3.45. The summed E-state index contributed by atoms with van der Waals surface area (Å²) in [6.45, 7) is 9.77. The van der Waals surface area contributed by atoms with E-state index in [0.29, 0.717) is 13.0 Å². The molecular formula is C25H34N4O3Si. The quantitative estimate of drug-likeness (QED) is 0.489. The number of hydrogen-bond acceptors (Lipinski definition) is 4. The number of ether oxygens (including phenoxy) is 1. The highest BCUT2D eigenvalue weighted by Gasteiger charge is 2.32. The van der Waals surface area contributed by atoms with E-state index in [4.69, 9.17) is 0 Å². The molecule has 176 valence electrons. The molecule has 1 aliphatic rings. The van der Waals surface area contributed by atoms with E-state index in [0.717, 1.165) is 42.0 Å². The normalized spacial score (nSPS) is 16.6. The van der Waals surface area contributed by atoms with Gasteiger partial charge in [0.1, 0.15) is 13.9 Å². The molecule has 2 amide bonds. The van der Waals surface area contributed by atoms with Gasteiger partial charge in [-0.2, -0.15) is 0 Å². The monoisotopic (exact) mass is 466 g/mol. The van der Waals surface area contributed by atoms with Crippen molar-refractivity contribution < 1.29 is 14.3 Å². The van der Waals surface area contributed by atoms with E-state index in [1.165, 1.54) is 7.11 Å². The van der Waals surface area contributed by atoms with E-state index in [2.05, 4.69) is 63.3 Å². The molecule has 0 radical (unpaired) electrons. The minimum atomic E-state index is -1.40. The lowest BCUT2D eigenvalue weighted by Crippen LogP contribution is -2.35. The Hall–Kier alpha value is -3.05. The molecule has 1 saturated heterocycles. The number of alkyl carbamates (subject to hydrolysis) is 1. The van der Waals surface area contributed by atoms with Crippen molar-refractivity contribution in [1.29, 1.82) is 0 Å². The maximum Gasteiger partial charge on any atom is 0.406 e. The van der Waals surface area contributed by atoms with Crippen molar-refractivity contribution in [3.8, 4) is 22.7 Å². The molecule has 0 saturated carbocycles. The highest BCUT2D eigenvalue weighted by molar-refractivity contribution is 6.83. The summed E-state index contributed by atoms with van der Waals surface area (Å²) >= 11 is 0. The smallest absolute Gasteiger partial charge is 0.406 e. The summed E-state index contributed by atoms with van der Waals surface area (Å²) in [5.74, 6) is 4.20. The first-order chi connectivity index (χ1) is 15.7. The molecule has 3 rings (SSSR count). The van der Waals surface area contributed by atoms with Crippen LogP contribution in [0.5, 0.6) is 0 Å². The number of aromatic nitrogens is 2. The maximum atomic E-state index is 12.9. The van der Waals surface area contributed by atoms with Gasteiger partial charge in [0.2, 0.25) is 5.91 Å². The molecular weight excluding hydrogens is 432 g/mol. The Bertz CT molecular complexity index is 1030. The number of nitrogens with one attached hydrogen (secondary N) is 2. The van der Waals surface area contributed by atoms with Crippen LogP contribution in [0.15, 0.2) is 30.5 Å². The first-order valence-electron chi connectivity index (χ1n) is 11.5. The van der Waals surface area contributed by atoms with Crippen molar-refractivity contribution in [2.24, 2.45) is 5.92 Å². The number of benzene rings is 1. The van der Waals surface area contributed by atoms with Gasteiger partial charge in [-0.15, -0.1) is 5.54 Å². The summed E-state index contributed by atoms with van der Waals surface area (Å²) in [5, 5.41) is 2.65. The number of nitrogens with zero attached hydrogens (tertiary/aromatic N) is 2. The van der Waals surface area contributed by atoms with Gasteiger partial charge in [-0.3, -0.25) is 4.79 Å². The van der Waals surface area contributed by atoms with E-state index in [9.17, 15) is 9.59 Å². The minimum absolute atomic E-state index is 0.0209. The van der Waals surface area contributed by atoms with Gasteiger partial charge < -0.3 is 19.9 Å². The number of methoxy groups -OCH3 is 1. The van der Waals surface area contributed by atoms with E-state index < -0.39 is 14.2 Å². The second-order valence-electron chi connectivity index (χ2n) is 9.69. The molecule has 1 aromatic heterocycles. The molecule has 2 heterocycles. The van der Waals surface area contributed by atoms with E-state index in [1.807, 2.05) is 30.2 Å². The lowest BCUT2D eigenvalue weighted by molar-refractivity contribution is -0.133. The van der Waals surface area contributed by atoms with Crippen LogP contribution in [0.4, 0.5) is 4.79 Å². The number of aromatic amines is 1.